The van der Waals surface area contributed by atoms with Crippen LogP contribution in [-0.2, 0) is 26.2 Å². The van der Waals surface area contributed by atoms with Gasteiger partial charge in [-0.25, -0.2) is 8.42 Å². The van der Waals surface area contributed by atoms with Crippen LogP contribution in [0.2, 0.25) is 0 Å². The molecular formula is C29H34BrN3O4S. The van der Waals surface area contributed by atoms with Crippen molar-refractivity contribution in [3.8, 4) is 0 Å². The molecule has 1 N–H and O–H groups in total. The molecule has 38 heavy (non-hydrogen) atoms. The molecule has 0 bridgehead atoms. The third-order valence-electron chi connectivity index (χ3n) is 6.33. The van der Waals surface area contributed by atoms with Crippen LogP contribution in [0.4, 0.5) is 5.69 Å². The molecule has 0 spiro atoms. The first-order chi connectivity index (χ1) is 18.0. The summed E-state index contributed by atoms with van der Waals surface area (Å²) in [5.41, 5.74) is 2.05. The number of nitrogens with one attached hydrogen (secondary N) is 1. The van der Waals surface area contributed by atoms with Crippen LogP contribution in [0.15, 0.2) is 88.2 Å². The smallest absolute Gasteiger partial charge is 0.264 e. The summed E-state index contributed by atoms with van der Waals surface area (Å²) in [6.07, 6.45) is 0.746. The van der Waals surface area contributed by atoms with Gasteiger partial charge in [0.15, 0.2) is 0 Å². The lowest BCUT2D eigenvalue weighted by molar-refractivity contribution is -0.139. The average molecular weight is 601 g/mol. The van der Waals surface area contributed by atoms with Crippen LogP contribution in [0.5, 0.6) is 0 Å². The van der Waals surface area contributed by atoms with Gasteiger partial charge in [-0.3, -0.25) is 13.9 Å². The molecule has 0 fully saturated rings. The summed E-state index contributed by atoms with van der Waals surface area (Å²) in [5.74, 6) is -0.779. The largest absolute Gasteiger partial charge is 0.352 e. The number of anilines is 1. The molecule has 2 atom stereocenters. The Morgan fingerprint density at radius 2 is 1.61 bits per heavy atom. The van der Waals surface area contributed by atoms with E-state index < -0.39 is 28.5 Å². The molecule has 3 aromatic carbocycles. The van der Waals surface area contributed by atoms with E-state index in [0.717, 1.165) is 26.3 Å². The Bertz CT molecular complexity index is 1350. The van der Waals surface area contributed by atoms with Crippen molar-refractivity contribution < 1.29 is 18.0 Å². The lowest BCUT2D eigenvalue weighted by atomic mass is 10.1. The topological polar surface area (TPSA) is 86.8 Å². The number of hydrogen-bond acceptors (Lipinski definition) is 4. The first-order valence-electron chi connectivity index (χ1n) is 12.5. The van der Waals surface area contributed by atoms with Crippen molar-refractivity contribution >= 4 is 43.5 Å². The number of halogens is 1. The van der Waals surface area contributed by atoms with Gasteiger partial charge in [-0.15, -0.1) is 0 Å². The molecule has 0 radical (unpaired) electrons. The molecule has 0 aliphatic heterocycles. The van der Waals surface area contributed by atoms with Gasteiger partial charge < -0.3 is 10.2 Å². The zero-order valence-corrected chi connectivity index (χ0v) is 24.5. The highest BCUT2D eigenvalue weighted by Gasteiger charge is 2.32. The van der Waals surface area contributed by atoms with E-state index in [4.69, 9.17) is 0 Å². The number of carbonyl (C=O) groups is 2. The molecular weight excluding hydrogens is 566 g/mol. The first kappa shape index (κ1) is 29.4. The van der Waals surface area contributed by atoms with Gasteiger partial charge in [0.2, 0.25) is 11.8 Å². The molecule has 0 heterocycles. The Hall–Kier alpha value is -3.17. The Kier molecular flexibility index (Phi) is 10.1. The van der Waals surface area contributed by atoms with E-state index in [1.807, 2.05) is 51.1 Å². The number of nitrogens with zero attached hydrogens (tertiary/aromatic N) is 2. The Labute approximate surface area is 234 Å². The zero-order valence-electron chi connectivity index (χ0n) is 22.1. The van der Waals surface area contributed by atoms with Gasteiger partial charge in [0, 0.05) is 17.1 Å². The second-order valence-electron chi connectivity index (χ2n) is 9.31. The molecule has 7 nitrogen and oxygen atoms in total. The Balaban J connectivity index is 2.01. The van der Waals surface area contributed by atoms with E-state index in [1.54, 1.807) is 43.3 Å². The lowest BCUT2D eigenvalue weighted by Crippen LogP contribution is -2.52. The molecule has 0 aliphatic carbocycles. The molecule has 9 heteroatoms. The van der Waals surface area contributed by atoms with Crippen molar-refractivity contribution in [2.75, 3.05) is 10.8 Å². The number of aryl methyl sites for hydroxylation is 1. The molecule has 0 unspecified atom stereocenters. The summed E-state index contributed by atoms with van der Waals surface area (Å²) in [4.78, 5) is 28.5. The SMILES string of the molecule is CC[C@H](C)NC(=O)[C@H](C)N(Cc1ccc(Br)cc1)C(=O)CN(c1cccc(C)c1)S(=O)(=O)c1ccccc1. The van der Waals surface area contributed by atoms with Crippen molar-refractivity contribution in [2.24, 2.45) is 0 Å². The van der Waals surface area contributed by atoms with Crippen molar-refractivity contribution in [1.82, 2.24) is 10.2 Å². The minimum Gasteiger partial charge on any atom is -0.352 e. The van der Waals surface area contributed by atoms with Gasteiger partial charge in [0.05, 0.1) is 10.6 Å². The van der Waals surface area contributed by atoms with Crippen LogP contribution in [0.1, 0.15) is 38.3 Å². The van der Waals surface area contributed by atoms with Crippen molar-refractivity contribution in [2.45, 2.75) is 57.6 Å². The average Bonchev–Trinajstić information content (AvgIpc) is 2.91. The van der Waals surface area contributed by atoms with E-state index >= 15 is 0 Å². The quantitative estimate of drug-likeness (QED) is 0.324. The number of hydrogen-bond donors (Lipinski definition) is 1. The van der Waals surface area contributed by atoms with Crippen LogP contribution >= 0.6 is 15.9 Å². The van der Waals surface area contributed by atoms with Gasteiger partial charge in [-0.2, -0.15) is 0 Å². The molecule has 0 saturated heterocycles. The monoisotopic (exact) mass is 599 g/mol. The van der Waals surface area contributed by atoms with E-state index in [0.29, 0.717) is 5.69 Å². The molecule has 202 valence electrons. The van der Waals surface area contributed by atoms with E-state index in [-0.39, 0.29) is 23.4 Å². The van der Waals surface area contributed by atoms with Gasteiger partial charge >= 0.3 is 0 Å². The number of amides is 2. The van der Waals surface area contributed by atoms with E-state index in [1.165, 1.54) is 17.0 Å². The normalized spacial score (nSPS) is 12.9. The molecule has 3 aromatic rings. The molecule has 2 amide bonds. The number of sulfonamides is 1. The summed E-state index contributed by atoms with van der Waals surface area (Å²) in [6.45, 7) is 7.08. The maximum absolute atomic E-state index is 13.9. The van der Waals surface area contributed by atoms with Crippen LogP contribution in [-0.4, -0.2) is 43.8 Å². The summed E-state index contributed by atoms with van der Waals surface area (Å²) < 4.78 is 29.5. The minimum atomic E-state index is -4.07. The molecule has 0 aliphatic rings. The van der Waals surface area contributed by atoms with Gasteiger partial charge in [-0.05, 0) is 74.7 Å². The highest BCUT2D eigenvalue weighted by atomic mass is 79.9. The molecule has 3 rings (SSSR count). The molecule has 0 aromatic heterocycles. The maximum atomic E-state index is 13.9. The predicted octanol–water partition coefficient (Wildman–Crippen LogP) is 5.28. The van der Waals surface area contributed by atoms with Crippen molar-refractivity contribution in [1.29, 1.82) is 0 Å². The van der Waals surface area contributed by atoms with Gasteiger partial charge in [0.25, 0.3) is 10.0 Å². The third-order valence-corrected chi connectivity index (χ3v) is 8.65. The second-order valence-corrected chi connectivity index (χ2v) is 12.1. The van der Waals surface area contributed by atoms with Crippen molar-refractivity contribution in [3.05, 3.63) is 94.5 Å². The van der Waals surface area contributed by atoms with Crippen LogP contribution in [0.25, 0.3) is 0 Å². The van der Waals surface area contributed by atoms with Gasteiger partial charge in [-0.1, -0.05) is 65.3 Å². The van der Waals surface area contributed by atoms with E-state index in [2.05, 4.69) is 21.2 Å². The van der Waals surface area contributed by atoms with Crippen LogP contribution in [0.3, 0.4) is 0 Å². The highest BCUT2D eigenvalue weighted by molar-refractivity contribution is 9.10. The van der Waals surface area contributed by atoms with Crippen LogP contribution < -0.4 is 9.62 Å². The second kappa shape index (κ2) is 13.1. The highest BCUT2D eigenvalue weighted by Crippen LogP contribution is 2.25. The standard InChI is InChI=1S/C29H34BrN3O4S/c1-5-22(3)31-29(35)23(4)32(19-24-14-16-25(30)17-15-24)28(34)20-33(26-11-9-10-21(2)18-26)38(36,37)27-12-7-6-8-13-27/h6-18,22-23H,5,19-20H2,1-4H3,(H,31,35)/t22-,23-/m0/s1. The van der Waals surface area contributed by atoms with Crippen molar-refractivity contribution in [3.63, 3.8) is 0 Å². The Morgan fingerprint density at radius 3 is 2.21 bits per heavy atom. The number of carbonyl (C=O) groups excluding carboxylic acids is 2. The van der Waals surface area contributed by atoms with Gasteiger partial charge in [0.1, 0.15) is 12.6 Å². The first-order valence-corrected chi connectivity index (χ1v) is 14.7. The van der Waals surface area contributed by atoms with Crippen LogP contribution in [0, 0.1) is 6.92 Å². The molecule has 0 saturated carbocycles. The lowest BCUT2D eigenvalue weighted by Gasteiger charge is -2.32. The van der Waals surface area contributed by atoms with E-state index in [9.17, 15) is 18.0 Å². The fraction of sp³-hybridized carbons (Fsp3) is 0.310. The minimum absolute atomic E-state index is 0.0585. The predicted molar refractivity (Wildman–Crippen MR) is 154 cm³/mol. The zero-order chi connectivity index (χ0) is 27.9. The fourth-order valence-corrected chi connectivity index (χ4v) is 5.56. The summed E-state index contributed by atoms with van der Waals surface area (Å²) in [7, 11) is -4.07. The maximum Gasteiger partial charge on any atom is 0.264 e. The fourth-order valence-electron chi connectivity index (χ4n) is 3.87. The Morgan fingerprint density at radius 1 is 0.947 bits per heavy atom. The number of rotatable bonds is 11. The third kappa shape index (κ3) is 7.45. The number of benzene rings is 3. The summed E-state index contributed by atoms with van der Waals surface area (Å²) >= 11 is 3.42. The summed E-state index contributed by atoms with van der Waals surface area (Å²) in [5, 5.41) is 2.94. The summed E-state index contributed by atoms with van der Waals surface area (Å²) in [6, 6.07) is 21.6.